The van der Waals surface area contributed by atoms with Gasteiger partial charge in [0.15, 0.2) is 5.65 Å². The fourth-order valence-corrected chi connectivity index (χ4v) is 4.35. The van der Waals surface area contributed by atoms with Crippen molar-refractivity contribution in [1.29, 1.82) is 0 Å². The highest BCUT2D eigenvalue weighted by molar-refractivity contribution is 5.94. The van der Waals surface area contributed by atoms with Crippen LogP contribution in [-0.2, 0) is 9.47 Å². The number of aromatic nitrogens is 2. The number of ether oxygens (including phenoxy) is 3. The molecule has 43 heavy (non-hydrogen) atoms. The van der Waals surface area contributed by atoms with E-state index in [1.807, 2.05) is 0 Å². The molecule has 0 aliphatic rings. The molecule has 1 amide bonds. The fraction of sp³-hybridized carbons (Fsp3) is 0.323. The lowest BCUT2D eigenvalue weighted by Crippen LogP contribution is -2.39. The predicted octanol–water partition coefficient (Wildman–Crippen LogP) is 8.03. The molecule has 2 heterocycles. The molecule has 0 N–H and O–H groups in total. The number of nitrogens with zero attached hydrogens (tertiary/aromatic N) is 3. The maximum absolute atomic E-state index is 14.1. The molecule has 228 valence electrons. The maximum atomic E-state index is 14.1. The second kappa shape index (κ2) is 11.9. The third-order valence-electron chi connectivity index (χ3n) is 6.39. The zero-order valence-electron chi connectivity index (χ0n) is 24.5. The van der Waals surface area contributed by atoms with Crippen molar-refractivity contribution in [3.63, 3.8) is 0 Å². The Balaban J connectivity index is 1.93. The van der Waals surface area contributed by atoms with Gasteiger partial charge in [0.1, 0.15) is 22.9 Å². The van der Waals surface area contributed by atoms with Gasteiger partial charge in [-0.15, -0.1) is 0 Å². The zero-order chi connectivity index (χ0) is 31.7. The Hall–Kier alpha value is -4.61. The quantitative estimate of drug-likeness (QED) is 0.158. The van der Waals surface area contributed by atoms with Gasteiger partial charge in [-0.3, -0.25) is 9.30 Å². The van der Waals surface area contributed by atoms with Crippen LogP contribution in [0.1, 0.15) is 48.7 Å². The first-order chi connectivity index (χ1) is 20.1. The highest BCUT2D eigenvalue weighted by atomic mass is 19.4. The smallest absolute Gasteiger partial charge is 0.414 e. The highest BCUT2D eigenvalue weighted by Crippen LogP contribution is 2.36. The minimum absolute atomic E-state index is 0.0146. The van der Waals surface area contributed by atoms with Crippen molar-refractivity contribution in [3.8, 4) is 22.8 Å². The monoisotopic (exact) mass is 601 g/mol. The van der Waals surface area contributed by atoms with Crippen molar-refractivity contribution in [1.82, 2.24) is 9.38 Å². The Morgan fingerprint density at radius 2 is 1.72 bits per heavy atom. The number of esters is 1. The van der Waals surface area contributed by atoms with Gasteiger partial charge in [0.25, 0.3) is 0 Å². The number of carbonyl (C=O) groups is 2. The van der Waals surface area contributed by atoms with Crippen LogP contribution >= 0.6 is 0 Å². The van der Waals surface area contributed by atoms with Crippen molar-refractivity contribution in [2.75, 3.05) is 18.6 Å². The van der Waals surface area contributed by atoms with Crippen molar-refractivity contribution < 1.29 is 41.4 Å². The lowest BCUT2D eigenvalue weighted by molar-refractivity contribution is -0.132. The Labute approximate surface area is 245 Å². The number of pyridine rings is 1. The lowest BCUT2D eigenvalue weighted by Gasteiger charge is -2.28. The molecule has 2 aromatic heterocycles. The molecule has 2 aromatic carbocycles. The number of hydrogen-bond donors (Lipinski definition) is 0. The molecule has 0 bridgehead atoms. The largest absolute Gasteiger partial charge is 0.465 e. The van der Waals surface area contributed by atoms with Gasteiger partial charge in [-0.1, -0.05) is 12.1 Å². The average molecular weight is 602 g/mol. The van der Waals surface area contributed by atoms with Crippen LogP contribution in [0.25, 0.3) is 16.9 Å². The van der Waals surface area contributed by atoms with Crippen LogP contribution in [0, 0.1) is 19.7 Å². The Kier molecular flexibility index (Phi) is 8.70. The molecule has 0 fully saturated rings. The molecule has 0 saturated carbocycles. The van der Waals surface area contributed by atoms with Crippen LogP contribution in [0.2, 0.25) is 0 Å². The van der Waals surface area contributed by atoms with Gasteiger partial charge in [0.05, 0.1) is 42.9 Å². The van der Waals surface area contributed by atoms with Crippen LogP contribution in [0.5, 0.6) is 11.5 Å². The normalized spacial score (nSPS) is 11.9. The molecule has 0 atom stereocenters. The molecular weight excluding hydrogens is 570 g/mol. The summed E-state index contributed by atoms with van der Waals surface area (Å²) in [5, 5.41) is 0. The molecule has 0 aliphatic carbocycles. The Bertz CT molecular complexity index is 1670. The standard InChI is InChI=1S/C31H31F4N3O5/c1-18-7-9-21(32)14-26(18)42-22-15-24(37(12-11-31(33,34)35)29(40)43-30(3,4)5)27-36-16-25(38(27)17-22)20-8-10-23(19(2)13-20)28(39)41-6/h7-10,13-17H,11-12H2,1-6H3. The number of carbonyl (C=O) groups excluding carboxylic acids is 2. The topological polar surface area (TPSA) is 82.4 Å². The van der Waals surface area contributed by atoms with Crippen molar-refractivity contribution >= 4 is 23.4 Å². The van der Waals surface area contributed by atoms with Gasteiger partial charge in [-0.2, -0.15) is 13.2 Å². The van der Waals surface area contributed by atoms with Crippen LogP contribution in [0.4, 0.5) is 28.0 Å². The van der Waals surface area contributed by atoms with Gasteiger partial charge in [0.2, 0.25) is 0 Å². The highest BCUT2D eigenvalue weighted by Gasteiger charge is 2.33. The first-order valence-electron chi connectivity index (χ1n) is 13.3. The van der Waals surface area contributed by atoms with Crippen LogP contribution in [0.15, 0.2) is 54.9 Å². The summed E-state index contributed by atoms with van der Waals surface area (Å²) < 4.78 is 72.1. The molecule has 0 saturated heterocycles. The number of rotatable bonds is 7. The van der Waals surface area contributed by atoms with E-state index < -0.39 is 42.6 Å². The molecule has 8 nitrogen and oxygen atoms in total. The first kappa shape index (κ1) is 31.3. The fourth-order valence-electron chi connectivity index (χ4n) is 4.35. The summed E-state index contributed by atoms with van der Waals surface area (Å²) in [6.45, 7) is 7.48. The van der Waals surface area contributed by atoms with Crippen LogP contribution in [0.3, 0.4) is 0 Å². The summed E-state index contributed by atoms with van der Waals surface area (Å²) in [4.78, 5) is 30.7. The third kappa shape index (κ3) is 7.43. The van der Waals surface area contributed by atoms with Crippen molar-refractivity contribution in [2.24, 2.45) is 0 Å². The summed E-state index contributed by atoms with van der Waals surface area (Å²) in [6.07, 6.45) is -3.87. The summed E-state index contributed by atoms with van der Waals surface area (Å²) >= 11 is 0. The van der Waals surface area contributed by atoms with Gasteiger partial charge in [-0.25, -0.2) is 19.0 Å². The molecule has 0 spiro atoms. The van der Waals surface area contributed by atoms with Gasteiger partial charge >= 0.3 is 18.2 Å². The number of alkyl halides is 3. The number of fused-ring (bicyclic) bond motifs is 1. The molecule has 0 aliphatic heterocycles. The minimum atomic E-state index is -4.57. The number of benzene rings is 2. The number of aryl methyl sites for hydroxylation is 2. The number of imidazole rings is 1. The van der Waals surface area contributed by atoms with E-state index in [9.17, 15) is 27.2 Å². The second-order valence-corrected chi connectivity index (χ2v) is 10.9. The van der Waals surface area contributed by atoms with E-state index in [2.05, 4.69) is 4.98 Å². The first-order valence-corrected chi connectivity index (χ1v) is 13.3. The Morgan fingerprint density at radius 3 is 2.35 bits per heavy atom. The van der Waals surface area contributed by atoms with Crippen LogP contribution in [-0.4, -0.2) is 46.9 Å². The van der Waals surface area contributed by atoms with E-state index >= 15 is 0 Å². The molecule has 4 aromatic rings. The van der Waals surface area contributed by atoms with Crippen LogP contribution < -0.4 is 9.64 Å². The molecule has 0 unspecified atom stereocenters. The summed E-state index contributed by atoms with van der Waals surface area (Å²) in [5.41, 5.74) is 1.79. The Morgan fingerprint density at radius 1 is 1.00 bits per heavy atom. The second-order valence-electron chi connectivity index (χ2n) is 10.9. The number of hydrogen-bond acceptors (Lipinski definition) is 6. The summed E-state index contributed by atoms with van der Waals surface area (Å²) in [6, 6.07) is 10.3. The molecule has 4 rings (SSSR count). The average Bonchev–Trinajstić information content (AvgIpc) is 3.32. The third-order valence-corrected chi connectivity index (χ3v) is 6.39. The molecular formula is C31H31F4N3O5. The van der Waals surface area contributed by atoms with Crippen molar-refractivity contribution in [3.05, 3.63) is 77.4 Å². The SMILES string of the molecule is COC(=O)c1ccc(-c2cnc3c(N(CCC(F)(F)F)C(=O)OC(C)(C)C)cc(Oc4cc(F)ccc4C)cn23)cc1C. The van der Waals surface area contributed by atoms with Gasteiger partial charge < -0.3 is 14.2 Å². The minimum Gasteiger partial charge on any atom is -0.465 e. The maximum Gasteiger partial charge on any atom is 0.414 e. The number of methoxy groups -OCH3 is 1. The van der Waals surface area contributed by atoms with E-state index in [0.717, 1.165) is 4.90 Å². The van der Waals surface area contributed by atoms with E-state index in [1.54, 1.807) is 57.2 Å². The van der Waals surface area contributed by atoms with E-state index in [0.29, 0.717) is 27.9 Å². The number of amides is 1. The van der Waals surface area contributed by atoms with E-state index in [1.165, 1.54) is 43.8 Å². The number of halogens is 4. The van der Waals surface area contributed by atoms with E-state index in [-0.39, 0.29) is 22.8 Å². The van der Waals surface area contributed by atoms with Gasteiger partial charge in [-0.05, 0) is 63.9 Å². The summed E-state index contributed by atoms with van der Waals surface area (Å²) in [5.74, 6) is -0.793. The number of anilines is 1. The molecule has 0 radical (unpaired) electrons. The summed E-state index contributed by atoms with van der Waals surface area (Å²) in [7, 11) is 1.28. The predicted molar refractivity (Wildman–Crippen MR) is 152 cm³/mol. The lowest BCUT2D eigenvalue weighted by atomic mass is 10.0. The van der Waals surface area contributed by atoms with Crippen molar-refractivity contribution in [2.45, 2.75) is 52.8 Å². The van der Waals surface area contributed by atoms with E-state index in [4.69, 9.17) is 14.2 Å². The van der Waals surface area contributed by atoms with Gasteiger partial charge in [0, 0.05) is 24.2 Å². The molecule has 12 heteroatoms. The zero-order valence-corrected chi connectivity index (χ0v) is 24.5.